The van der Waals surface area contributed by atoms with Gasteiger partial charge in [0.2, 0.25) is 5.91 Å². The van der Waals surface area contributed by atoms with Crippen LogP contribution in [0.25, 0.3) is 0 Å². The van der Waals surface area contributed by atoms with Crippen LogP contribution in [0.4, 0.5) is 5.69 Å². The lowest BCUT2D eigenvalue weighted by Crippen LogP contribution is -2.12. The minimum atomic E-state index is 0.00547. The van der Waals surface area contributed by atoms with Gasteiger partial charge in [0.05, 0.1) is 6.61 Å². The van der Waals surface area contributed by atoms with Crippen molar-refractivity contribution >= 4 is 23.2 Å². The summed E-state index contributed by atoms with van der Waals surface area (Å²) in [6.45, 7) is 4.06. The number of hydrogen-bond acceptors (Lipinski definition) is 3. The highest BCUT2D eigenvalue weighted by atomic mass is 35.5. The fourth-order valence-corrected chi connectivity index (χ4v) is 1.79. The Morgan fingerprint density at radius 1 is 1.14 bits per heavy atom. The average molecular weight is 314 g/mol. The second kappa shape index (κ2) is 11.4. The molecule has 0 saturated carbocycles. The molecule has 5 heteroatoms. The van der Waals surface area contributed by atoms with Crippen molar-refractivity contribution in [2.75, 3.05) is 31.0 Å². The lowest BCUT2D eigenvalue weighted by atomic mass is 10.2. The van der Waals surface area contributed by atoms with Crippen LogP contribution < -0.4 is 10.1 Å². The molecule has 1 amide bonds. The van der Waals surface area contributed by atoms with Crippen molar-refractivity contribution in [2.45, 2.75) is 32.6 Å². The predicted molar refractivity (Wildman–Crippen MR) is 86.2 cm³/mol. The zero-order valence-corrected chi connectivity index (χ0v) is 13.3. The van der Waals surface area contributed by atoms with Gasteiger partial charge in [-0.2, -0.15) is 0 Å². The number of hydrogen-bond donors (Lipinski definition) is 1. The summed E-state index contributed by atoms with van der Waals surface area (Å²) in [5.74, 6) is 1.38. The molecule has 0 radical (unpaired) electrons. The molecule has 21 heavy (non-hydrogen) atoms. The standard InChI is InChI=1S/C16H24ClNO3/c1-2-11-20-12-3-5-16(19)18-14-6-8-15(9-7-14)21-13-4-10-17/h6-9H,2-5,10-13H2,1H3,(H,18,19). The van der Waals surface area contributed by atoms with Crippen LogP contribution in [0.3, 0.4) is 0 Å². The number of anilines is 1. The van der Waals surface area contributed by atoms with Crippen molar-refractivity contribution in [3.05, 3.63) is 24.3 Å². The van der Waals surface area contributed by atoms with Crippen LogP contribution >= 0.6 is 11.6 Å². The van der Waals surface area contributed by atoms with Gasteiger partial charge in [-0.15, -0.1) is 11.6 Å². The second-order valence-electron chi connectivity index (χ2n) is 4.68. The van der Waals surface area contributed by atoms with E-state index in [9.17, 15) is 4.79 Å². The number of ether oxygens (including phenoxy) is 2. The van der Waals surface area contributed by atoms with Gasteiger partial charge in [-0.1, -0.05) is 6.92 Å². The summed E-state index contributed by atoms with van der Waals surface area (Å²) < 4.78 is 10.8. The maximum Gasteiger partial charge on any atom is 0.224 e. The van der Waals surface area contributed by atoms with Gasteiger partial charge in [0.25, 0.3) is 0 Å². The molecule has 1 N–H and O–H groups in total. The number of amides is 1. The van der Waals surface area contributed by atoms with Crippen LogP contribution in [0.1, 0.15) is 32.6 Å². The summed E-state index contributed by atoms with van der Waals surface area (Å²) in [5, 5.41) is 2.86. The van der Waals surface area contributed by atoms with E-state index < -0.39 is 0 Å². The van der Waals surface area contributed by atoms with E-state index in [1.165, 1.54) is 0 Å². The Balaban J connectivity index is 2.23. The number of alkyl halides is 1. The summed E-state index contributed by atoms with van der Waals surface area (Å²) in [6, 6.07) is 7.35. The number of carbonyl (C=O) groups is 1. The molecule has 118 valence electrons. The lowest BCUT2D eigenvalue weighted by molar-refractivity contribution is -0.116. The molecule has 0 aliphatic carbocycles. The van der Waals surface area contributed by atoms with Crippen LogP contribution in [0.2, 0.25) is 0 Å². The van der Waals surface area contributed by atoms with Crippen LogP contribution in [0.15, 0.2) is 24.3 Å². The molecule has 0 saturated heterocycles. The molecular weight excluding hydrogens is 290 g/mol. The fraction of sp³-hybridized carbons (Fsp3) is 0.562. The Hall–Kier alpha value is -1.26. The topological polar surface area (TPSA) is 47.6 Å². The van der Waals surface area contributed by atoms with Crippen LogP contribution in [0, 0.1) is 0 Å². The van der Waals surface area contributed by atoms with E-state index in [1.807, 2.05) is 24.3 Å². The number of halogens is 1. The van der Waals surface area contributed by atoms with Gasteiger partial charge in [-0.3, -0.25) is 4.79 Å². The molecule has 0 bridgehead atoms. The quantitative estimate of drug-likeness (QED) is 0.499. The van der Waals surface area contributed by atoms with E-state index in [-0.39, 0.29) is 5.91 Å². The van der Waals surface area contributed by atoms with E-state index in [2.05, 4.69) is 12.2 Å². The van der Waals surface area contributed by atoms with Crippen LogP contribution in [-0.2, 0) is 9.53 Å². The normalized spacial score (nSPS) is 10.4. The Morgan fingerprint density at radius 2 is 1.90 bits per heavy atom. The van der Waals surface area contributed by atoms with Crippen LogP contribution in [0.5, 0.6) is 5.75 Å². The summed E-state index contributed by atoms with van der Waals surface area (Å²) in [6.07, 6.45) is 3.04. The number of benzene rings is 1. The number of rotatable bonds is 11. The monoisotopic (exact) mass is 313 g/mol. The minimum Gasteiger partial charge on any atom is -0.494 e. The molecule has 1 aromatic carbocycles. The highest BCUT2D eigenvalue weighted by Gasteiger charge is 2.02. The van der Waals surface area contributed by atoms with Gasteiger partial charge in [-0.05, 0) is 43.5 Å². The van der Waals surface area contributed by atoms with Crippen molar-refractivity contribution in [2.24, 2.45) is 0 Å². The SMILES string of the molecule is CCCOCCCC(=O)Nc1ccc(OCCCCl)cc1. The van der Waals surface area contributed by atoms with Crippen molar-refractivity contribution in [1.29, 1.82) is 0 Å². The molecule has 0 fully saturated rings. The first kappa shape index (κ1) is 17.8. The van der Waals surface area contributed by atoms with Crippen molar-refractivity contribution in [3.8, 4) is 5.75 Å². The van der Waals surface area contributed by atoms with Gasteiger partial charge >= 0.3 is 0 Å². The van der Waals surface area contributed by atoms with E-state index in [1.54, 1.807) is 0 Å². The smallest absolute Gasteiger partial charge is 0.224 e. The van der Waals surface area contributed by atoms with Gasteiger partial charge in [0, 0.05) is 31.2 Å². The van der Waals surface area contributed by atoms with E-state index in [0.29, 0.717) is 25.5 Å². The Labute approximate surface area is 131 Å². The van der Waals surface area contributed by atoms with Gasteiger partial charge in [0.15, 0.2) is 0 Å². The Bertz CT molecular complexity index is 395. The summed E-state index contributed by atoms with van der Waals surface area (Å²) in [7, 11) is 0. The maximum absolute atomic E-state index is 11.7. The highest BCUT2D eigenvalue weighted by Crippen LogP contribution is 2.16. The first-order chi connectivity index (χ1) is 10.3. The van der Waals surface area contributed by atoms with Gasteiger partial charge in [-0.25, -0.2) is 0 Å². The summed E-state index contributed by atoms with van der Waals surface area (Å²) >= 11 is 5.58. The zero-order chi connectivity index (χ0) is 15.3. The molecule has 0 aliphatic heterocycles. The van der Waals surface area contributed by atoms with Gasteiger partial charge in [0.1, 0.15) is 5.75 Å². The third-order valence-corrected chi connectivity index (χ3v) is 2.99. The Kier molecular flexibility index (Phi) is 9.66. The minimum absolute atomic E-state index is 0.00547. The van der Waals surface area contributed by atoms with Crippen molar-refractivity contribution < 1.29 is 14.3 Å². The molecule has 4 nitrogen and oxygen atoms in total. The van der Waals surface area contributed by atoms with Crippen molar-refractivity contribution in [3.63, 3.8) is 0 Å². The summed E-state index contributed by atoms with van der Waals surface area (Å²) in [5.41, 5.74) is 0.777. The highest BCUT2D eigenvalue weighted by molar-refractivity contribution is 6.17. The molecule has 1 aromatic rings. The molecule has 1 rings (SSSR count). The first-order valence-corrected chi connectivity index (χ1v) is 7.96. The molecule has 0 aromatic heterocycles. The average Bonchev–Trinajstić information content (AvgIpc) is 2.49. The number of nitrogens with one attached hydrogen (secondary N) is 1. The van der Waals surface area contributed by atoms with E-state index in [4.69, 9.17) is 21.1 Å². The lowest BCUT2D eigenvalue weighted by Gasteiger charge is -2.08. The Morgan fingerprint density at radius 3 is 2.57 bits per heavy atom. The third-order valence-electron chi connectivity index (χ3n) is 2.73. The second-order valence-corrected chi connectivity index (χ2v) is 5.06. The fourth-order valence-electron chi connectivity index (χ4n) is 1.68. The van der Waals surface area contributed by atoms with Crippen LogP contribution in [-0.4, -0.2) is 31.6 Å². The molecule has 0 spiro atoms. The molecule has 0 heterocycles. The molecule has 0 atom stereocenters. The van der Waals surface area contributed by atoms with Gasteiger partial charge < -0.3 is 14.8 Å². The zero-order valence-electron chi connectivity index (χ0n) is 12.6. The van der Waals surface area contributed by atoms with E-state index in [0.717, 1.165) is 37.3 Å². The molecule has 0 aliphatic rings. The molecule has 0 unspecified atom stereocenters. The third kappa shape index (κ3) is 8.58. The summed E-state index contributed by atoms with van der Waals surface area (Å²) in [4.78, 5) is 11.7. The number of carbonyl (C=O) groups excluding carboxylic acids is 1. The predicted octanol–water partition coefficient (Wildman–Crippen LogP) is 3.84. The first-order valence-electron chi connectivity index (χ1n) is 7.42. The van der Waals surface area contributed by atoms with E-state index >= 15 is 0 Å². The molecular formula is C16H24ClNO3. The maximum atomic E-state index is 11.7. The van der Waals surface area contributed by atoms with Crippen molar-refractivity contribution in [1.82, 2.24) is 0 Å². The largest absolute Gasteiger partial charge is 0.494 e.